The van der Waals surface area contributed by atoms with Gasteiger partial charge in [0.05, 0.1) is 4.92 Å². The molecule has 31 heavy (non-hydrogen) atoms. The molecule has 4 rings (SSSR count). The van der Waals surface area contributed by atoms with Crippen molar-refractivity contribution in [2.24, 2.45) is 0 Å². The summed E-state index contributed by atoms with van der Waals surface area (Å²) < 4.78 is 0. The molecule has 1 amide bonds. The number of non-ortho nitro benzene ring substituents is 1. The van der Waals surface area contributed by atoms with Crippen LogP contribution >= 0.6 is 0 Å². The Kier molecular flexibility index (Phi) is 5.58. The minimum atomic E-state index is -0.942. The van der Waals surface area contributed by atoms with Gasteiger partial charge in [0.1, 0.15) is 5.54 Å². The lowest BCUT2D eigenvalue weighted by molar-refractivity contribution is -0.384. The van der Waals surface area contributed by atoms with Gasteiger partial charge in [0.2, 0.25) is 0 Å². The Morgan fingerprint density at radius 2 is 1.03 bits per heavy atom. The third-order valence-corrected chi connectivity index (χ3v) is 5.26. The largest absolute Gasteiger partial charge is 0.334 e. The first-order valence-electron chi connectivity index (χ1n) is 9.85. The van der Waals surface area contributed by atoms with E-state index in [1.807, 2.05) is 91.0 Å². The van der Waals surface area contributed by atoms with E-state index in [-0.39, 0.29) is 11.6 Å². The topological polar surface area (TPSA) is 72.2 Å². The van der Waals surface area contributed by atoms with Gasteiger partial charge in [-0.25, -0.2) is 0 Å². The third-order valence-electron chi connectivity index (χ3n) is 5.26. The molecule has 4 aromatic carbocycles. The molecule has 0 radical (unpaired) electrons. The van der Waals surface area contributed by atoms with Crippen molar-refractivity contribution >= 4 is 11.6 Å². The van der Waals surface area contributed by atoms with Crippen molar-refractivity contribution < 1.29 is 9.72 Å². The number of nitro groups is 1. The summed E-state index contributed by atoms with van der Waals surface area (Å²) >= 11 is 0. The van der Waals surface area contributed by atoms with E-state index in [1.165, 1.54) is 24.3 Å². The van der Waals surface area contributed by atoms with Crippen LogP contribution in [0.5, 0.6) is 0 Å². The number of nitro benzene ring substituents is 1. The number of rotatable bonds is 6. The first-order valence-corrected chi connectivity index (χ1v) is 9.85. The van der Waals surface area contributed by atoms with Crippen LogP contribution in [0.1, 0.15) is 27.0 Å². The van der Waals surface area contributed by atoms with Gasteiger partial charge in [-0.2, -0.15) is 0 Å². The number of hydrogen-bond acceptors (Lipinski definition) is 3. The lowest BCUT2D eigenvalue weighted by Gasteiger charge is -2.37. The Labute approximate surface area is 180 Å². The number of amides is 1. The molecule has 0 saturated carbocycles. The van der Waals surface area contributed by atoms with E-state index in [2.05, 4.69) is 5.32 Å². The fourth-order valence-corrected chi connectivity index (χ4v) is 3.76. The molecule has 0 saturated heterocycles. The minimum absolute atomic E-state index is 0.0583. The Hall–Kier alpha value is -4.25. The van der Waals surface area contributed by atoms with E-state index in [4.69, 9.17) is 0 Å². The fraction of sp³-hybridized carbons (Fsp3) is 0.0385. The number of nitrogens with one attached hydrogen (secondary N) is 1. The van der Waals surface area contributed by atoms with Crippen molar-refractivity contribution in [3.63, 3.8) is 0 Å². The molecule has 5 nitrogen and oxygen atoms in total. The molecule has 4 aromatic rings. The quantitative estimate of drug-likeness (QED) is 0.267. The highest BCUT2D eigenvalue weighted by molar-refractivity contribution is 5.95. The van der Waals surface area contributed by atoms with E-state index >= 15 is 0 Å². The van der Waals surface area contributed by atoms with Crippen LogP contribution in [-0.4, -0.2) is 10.8 Å². The van der Waals surface area contributed by atoms with Crippen LogP contribution in [-0.2, 0) is 5.54 Å². The Balaban J connectivity index is 1.88. The van der Waals surface area contributed by atoms with Gasteiger partial charge in [-0.3, -0.25) is 14.9 Å². The predicted octanol–water partition coefficient (Wildman–Crippen LogP) is 5.32. The molecule has 0 atom stereocenters. The molecule has 0 fully saturated rings. The van der Waals surface area contributed by atoms with Crippen molar-refractivity contribution in [2.75, 3.05) is 0 Å². The zero-order valence-corrected chi connectivity index (χ0v) is 16.6. The average molecular weight is 408 g/mol. The van der Waals surface area contributed by atoms with Crippen LogP contribution in [0, 0.1) is 10.1 Å². The van der Waals surface area contributed by atoms with Crippen molar-refractivity contribution in [2.45, 2.75) is 5.54 Å². The smallest absolute Gasteiger partial charge is 0.269 e. The molecule has 1 N–H and O–H groups in total. The molecule has 0 aromatic heterocycles. The van der Waals surface area contributed by atoms with E-state index in [1.54, 1.807) is 0 Å². The van der Waals surface area contributed by atoms with Gasteiger partial charge in [0.15, 0.2) is 0 Å². The van der Waals surface area contributed by atoms with E-state index < -0.39 is 10.5 Å². The first kappa shape index (κ1) is 20.0. The van der Waals surface area contributed by atoms with Gasteiger partial charge >= 0.3 is 0 Å². The second-order valence-electron chi connectivity index (χ2n) is 7.11. The summed E-state index contributed by atoms with van der Waals surface area (Å²) in [5, 5.41) is 14.2. The van der Waals surface area contributed by atoms with Crippen LogP contribution < -0.4 is 5.32 Å². The van der Waals surface area contributed by atoms with Crippen molar-refractivity contribution in [1.82, 2.24) is 5.32 Å². The number of benzene rings is 4. The number of hydrogen-bond donors (Lipinski definition) is 1. The zero-order valence-electron chi connectivity index (χ0n) is 16.6. The lowest BCUT2D eigenvalue weighted by atomic mass is 9.77. The first-order chi connectivity index (χ1) is 15.1. The van der Waals surface area contributed by atoms with Crippen molar-refractivity contribution in [3.8, 4) is 0 Å². The summed E-state index contributed by atoms with van der Waals surface area (Å²) in [5.74, 6) is -0.327. The summed E-state index contributed by atoms with van der Waals surface area (Å²) in [7, 11) is 0. The highest BCUT2D eigenvalue weighted by Gasteiger charge is 2.38. The van der Waals surface area contributed by atoms with Gasteiger partial charge < -0.3 is 5.32 Å². The predicted molar refractivity (Wildman–Crippen MR) is 120 cm³/mol. The minimum Gasteiger partial charge on any atom is -0.334 e. The maximum atomic E-state index is 13.4. The number of carbonyl (C=O) groups is 1. The molecule has 152 valence electrons. The summed E-state index contributed by atoms with van der Waals surface area (Å²) in [6, 6.07) is 34.9. The second kappa shape index (κ2) is 8.63. The van der Waals surface area contributed by atoms with E-state index in [9.17, 15) is 14.9 Å². The fourth-order valence-electron chi connectivity index (χ4n) is 3.76. The van der Waals surface area contributed by atoms with Crippen LogP contribution in [0.25, 0.3) is 0 Å². The molecule has 0 heterocycles. The Bertz CT molecular complexity index is 1080. The van der Waals surface area contributed by atoms with Crippen molar-refractivity contribution in [3.05, 3.63) is 148 Å². The summed E-state index contributed by atoms with van der Waals surface area (Å²) in [6.07, 6.45) is 0. The molecule has 0 unspecified atom stereocenters. The molecule has 0 spiro atoms. The normalized spacial score (nSPS) is 11.0. The maximum absolute atomic E-state index is 13.4. The zero-order chi connectivity index (χ0) is 21.7. The van der Waals surface area contributed by atoms with Crippen molar-refractivity contribution in [1.29, 1.82) is 0 Å². The van der Waals surface area contributed by atoms with Crippen LogP contribution in [0.2, 0.25) is 0 Å². The molecule has 0 aliphatic heterocycles. The molecule has 0 bridgehead atoms. The van der Waals surface area contributed by atoms with Gasteiger partial charge in [-0.05, 0) is 28.8 Å². The Morgan fingerprint density at radius 3 is 1.39 bits per heavy atom. The standard InChI is InChI=1S/C26H20N2O3/c29-25(20-16-18-24(19-17-20)28(30)31)27-26(21-10-4-1-5-11-21,22-12-6-2-7-13-22)23-14-8-3-9-15-23/h1-19H,(H,27,29). The molecule has 0 aliphatic carbocycles. The molecular weight excluding hydrogens is 388 g/mol. The Morgan fingerprint density at radius 1 is 0.645 bits per heavy atom. The highest BCUT2D eigenvalue weighted by Crippen LogP contribution is 2.37. The van der Waals surface area contributed by atoms with Gasteiger partial charge in [-0.15, -0.1) is 0 Å². The van der Waals surface area contributed by atoms with E-state index in [0.717, 1.165) is 16.7 Å². The monoisotopic (exact) mass is 408 g/mol. The SMILES string of the molecule is O=C(NC(c1ccccc1)(c1ccccc1)c1ccccc1)c1ccc([N+](=O)[O-])cc1. The number of carbonyl (C=O) groups excluding carboxylic acids is 1. The second-order valence-corrected chi connectivity index (χ2v) is 7.11. The summed E-state index contributed by atoms with van der Waals surface area (Å²) in [5.41, 5.74) is 2.06. The number of nitrogens with zero attached hydrogens (tertiary/aromatic N) is 1. The highest BCUT2D eigenvalue weighted by atomic mass is 16.6. The van der Waals surface area contributed by atoms with Crippen LogP contribution in [0.15, 0.2) is 115 Å². The molecular formula is C26H20N2O3. The van der Waals surface area contributed by atoms with Gasteiger partial charge in [0, 0.05) is 17.7 Å². The summed E-state index contributed by atoms with van der Waals surface area (Å²) in [6.45, 7) is 0. The van der Waals surface area contributed by atoms with E-state index in [0.29, 0.717) is 5.56 Å². The molecule has 5 heteroatoms. The molecule has 0 aliphatic rings. The lowest BCUT2D eigenvalue weighted by Crippen LogP contribution is -2.47. The average Bonchev–Trinajstić information content (AvgIpc) is 2.84. The van der Waals surface area contributed by atoms with Gasteiger partial charge in [-0.1, -0.05) is 91.0 Å². The van der Waals surface area contributed by atoms with Crippen LogP contribution in [0.3, 0.4) is 0 Å². The maximum Gasteiger partial charge on any atom is 0.269 e. The summed E-state index contributed by atoms with van der Waals surface area (Å²) in [4.78, 5) is 23.9. The third kappa shape index (κ3) is 3.94. The van der Waals surface area contributed by atoms with Crippen LogP contribution in [0.4, 0.5) is 5.69 Å². The van der Waals surface area contributed by atoms with Gasteiger partial charge in [0.25, 0.3) is 11.6 Å².